The van der Waals surface area contributed by atoms with E-state index in [9.17, 15) is 9.59 Å². The monoisotopic (exact) mass is 338 g/mol. The van der Waals surface area contributed by atoms with E-state index in [0.29, 0.717) is 12.0 Å². The number of Topliss-reactive ketones (excluding diaryl/α,β-unsaturated/α-hetero) is 1. The lowest BCUT2D eigenvalue weighted by atomic mass is 9.66. The highest BCUT2D eigenvalue weighted by molar-refractivity contribution is 9.10. The fraction of sp³-hybridized carbons (Fsp3) is 0.529. The minimum Gasteiger partial charge on any atom is -0.299 e. The molecule has 1 aromatic rings. The van der Waals surface area contributed by atoms with Crippen molar-refractivity contribution < 1.29 is 9.59 Å². The van der Waals surface area contributed by atoms with Gasteiger partial charge in [-0.05, 0) is 35.1 Å². The highest BCUT2D eigenvalue weighted by Gasteiger charge is 2.38. The van der Waals surface area contributed by atoms with Crippen molar-refractivity contribution in [2.45, 2.75) is 58.8 Å². The van der Waals surface area contributed by atoms with E-state index >= 15 is 0 Å². The predicted octanol–water partition coefficient (Wildman–Crippen LogP) is 5.03. The maximum atomic E-state index is 12.1. The number of hydrogen-bond acceptors (Lipinski definition) is 2. The molecule has 1 aliphatic carbocycles. The largest absolute Gasteiger partial charge is 0.299 e. The van der Waals surface area contributed by atoms with E-state index in [1.54, 1.807) is 0 Å². The number of hydrogen-bond donors (Lipinski definition) is 0. The van der Waals surface area contributed by atoms with E-state index in [1.165, 1.54) is 5.56 Å². The molecule has 2 rings (SSSR count). The summed E-state index contributed by atoms with van der Waals surface area (Å²) < 4.78 is 0.817. The van der Waals surface area contributed by atoms with Crippen molar-refractivity contribution in [1.82, 2.24) is 0 Å². The van der Waals surface area contributed by atoms with Gasteiger partial charge in [-0.2, -0.15) is 0 Å². The number of fused-ring (bicyclic) bond motifs is 1. The van der Waals surface area contributed by atoms with Crippen LogP contribution in [0.15, 0.2) is 16.6 Å². The molecular formula is C17H23BrO2. The normalized spacial score (nSPS) is 24.5. The second-order valence-electron chi connectivity index (χ2n) is 5.36. The Kier molecular flexibility index (Phi) is 5.69. The number of ketones is 1. The molecule has 0 saturated carbocycles. The number of aldehydes is 1. The summed E-state index contributed by atoms with van der Waals surface area (Å²) in [5, 5.41) is 0. The van der Waals surface area contributed by atoms with Gasteiger partial charge in [0.15, 0.2) is 6.29 Å². The van der Waals surface area contributed by atoms with E-state index in [0.717, 1.165) is 22.7 Å². The van der Waals surface area contributed by atoms with Crippen LogP contribution in [0.25, 0.3) is 0 Å². The molecule has 1 aliphatic rings. The third-order valence-electron chi connectivity index (χ3n) is 4.24. The van der Waals surface area contributed by atoms with Crippen LogP contribution in [0.2, 0.25) is 0 Å². The van der Waals surface area contributed by atoms with Gasteiger partial charge in [-0.3, -0.25) is 9.59 Å². The zero-order valence-electron chi connectivity index (χ0n) is 12.9. The molecule has 0 saturated heterocycles. The van der Waals surface area contributed by atoms with Gasteiger partial charge in [0.2, 0.25) is 0 Å². The maximum Gasteiger partial charge on any atom is 0.151 e. The molecule has 2 unspecified atom stereocenters. The standard InChI is InChI=1S/C15H17BrO2.C2H6/c1-4-15(3)7-14(18)9(2)11-5-10(8-17)13(16)6-12(11)15;1-2/h5-6,8-9H,4,7H2,1-3H3;1-2H3. The Labute approximate surface area is 130 Å². The van der Waals surface area contributed by atoms with Crippen LogP contribution in [0.5, 0.6) is 0 Å². The van der Waals surface area contributed by atoms with Gasteiger partial charge in [0.25, 0.3) is 0 Å². The van der Waals surface area contributed by atoms with Gasteiger partial charge in [-0.15, -0.1) is 0 Å². The fourth-order valence-corrected chi connectivity index (χ4v) is 3.14. The summed E-state index contributed by atoms with van der Waals surface area (Å²) in [7, 11) is 0. The quantitative estimate of drug-likeness (QED) is 0.708. The molecule has 20 heavy (non-hydrogen) atoms. The highest BCUT2D eigenvalue weighted by atomic mass is 79.9. The summed E-state index contributed by atoms with van der Waals surface area (Å²) in [6.07, 6.45) is 2.34. The molecule has 0 N–H and O–H groups in total. The Morgan fingerprint density at radius 1 is 1.40 bits per heavy atom. The summed E-state index contributed by atoms with van der Waals surface area (Å²) in [5.74, 6) is 0.164. The lowest BCUT2D eigenvalue weighted by Crippen LogP contribution is -2.34. The van der Waals surface area contributed by atoms with Crippen LogP contribution in [0.4, 0.5) is 0 Å². The van der Waals surface area contributed by atoms with Crippen molar-refractivity contribution in [3.8, 4) is 0 Å². The molecule has 0 heterocycles. The van der Waals surface area contributed by atoms with Crippen molar-refractivity contribution in [2.24, 2.45) is 0 Å². The minimum atomic E-state index is -0.108. The summed E-state index contributed by atoms with van der Waals surface area (Å²) >= 11 is 3.44. The van der Waals surface area contributed by atoms with Gasteiger partial charge >= 0.3 is 0 Å². The van der Waals surface area contributed by atoms with Crippen LogP contribution in [0.1, 0.15) is 74.9 Å². The Morgan fingerprint density at radius 3 is 2.50 bits per heavy atom. The molecule has 0 spiro atoms. The predicted molar refractivity (Wildman–Crippen MR) is 86.6 cm³/mol. The highest BCUT2D eigenvalue weighted by Crippen LogP contribution is 2.44. The van der Waals surface area contributed by atoms with Crippen LogP contribution in [0.3, 0.4) is 0 Å². The summed E-state index contributed by atoms with van der Waals surface area (Å²) in [6, 6.07) is 3.88. The lowest BCUT2D eigenvalue weighted by molar-refractivity contribution is -0.122. The van der Waals surface area contributed by atoms with Gasteiger partial charge in [0.05, 0.1) is 0 Å². The van der Waals surface area contributed by atoms with Crippen LogP contribution in [0, 0.1) is 0 Å². The number of halogens is 1. The summed E-state index contributed by atoms with van der Waals surface area (Å²) in [6.45, 7) is 10.2. The minimum absolute atomic E-state index is 0.105. The second kappa shape index (κ2) is 6.66. The lowest BCUT2D eigenvalue weighted by Gasteiger charge is -2.37. The zero-order valence-corrected chi connectivity index (χ0v) is 14.5. The number of rotatable bonds is 2. The van der Waals surface area contributed by atoms with E-state index in [2.05, 4.69) is 29.8 Å². The molecule has 110 valence electrons. The van der Waals surface area contributed by atoms with Gasteiger partial charge < -0.3 is 0 Å². The van der Waals surface area contributed by atoms with Crippen molar-refractivity contribution in [3.05, 3.63) is 33.3 Å². The average molecular weight is 339 g/mol. The van der Waals surface area contributed by atoms with Crippen LogP contribution in [-0.4, -0.2) is 12.1 Å². The molecule has 0 aromatic heterocycles. The first-order valence-electron chi connectivity index (χ1n) is 7.24. The molecule has 3 heteroatoms. The Hall–Kier alpha value is -0.960. The summed E-state index contributed by atoms with van der Waals surface area (Å²) in [4.78, 5) is 23.1. The average Bonchev–Trinajstić information content (AvgIpc) is 2.47. The Balaban J connectivity index is 0.000000956. The van der Waals surface area contributed by atoms with E-state index < -0.39 is 0 Å². The number of carbonyl (C=O) groups is 2. The fourth-order valence-electron chi connectivity index (χ4n) is 2.70. The molecule has 0 aliphatic heterocycles. The first kappa shape index (κ1) is 17.1. The molecule has 0 bridgehead atoms. The van der Waals surface area contributed by atoms with Gasteiger partial charge in [0, 0.05) is 22.4 Å². The zero-order chi connectivity index (χ0) is 15.5. The molecule has 2 atom stereocenters. The molecule has 0 fully saturated rings. The maximum absolute atomic E-state index is 12.1. The molecule has 0 amide bonds. The molecule has 0 radical (unpaired) electrons. The van der Waals surface area contributed by atoms with Crippen molar-refractivity contribution in [3.63, 3.8) is 0 Å². The Morgan fingerprint density at radius 2 is 2.00 bits per heavy atom. The van der Waals surface area contributed by atoms with Crippen molar-refractivity contribution >= 4 is 28.0 Å². The number of benzene rings is 1. The molecule has 2 nitrogen and oxygen atoms in total. The SMILES string of the molecule is CC.CCC1(C)CC(=O)C(C)c2cc(C=O)c(Br)cc21. The van der Waals surface area contributed by atoms with Gasteiger partial charge in [-0.1, -0.05) is 50.5 Å². The van der Waals surface area contributed by atoms with E-state index in [4.69, 9.17) is 0 Å². The van der Waals surface area contributed by atoms with Crippen LogP contribution < -0.4 is 0 Å². The van der Waals surface area contributed by atoms with Gasteiger partial charge in [0.1, 0.15) is 5.78 Å². The first-order valence-corrected chi connectivity index (χ1v) is 8.04. The Bertz CT molecular complexity index is 522. The smallest absolute Gasteiger partial charge is 0.151 e. The van der Waals surface area contributed by atoms with E-state index in [1.807, 2.05) is 32.9 Å². The first-order chi connectivity index (χ1) is 9.42. The van der Waals surface area contributed by atoms with Crippen molar-refractivity contribution in [2.75, 3.05) is 0 Å². The molecule has 1 aromatic carbocycles. The van der Waals surface area contributed by atoms with Gasteiger partial charge in [-0.25, -0.2) is 0 Å². The van der Waals surface area contributed by atoms with Crippen molar-refractivity contribution in [1.29, 1.82) is 0 Å². The summed E-state index contributed by atoms with van der Waals surface area (Å²) in [5.41, 5.74) is 2.73. The topological polar surface area (TPSA) is 34.1 Å². The number of carbonyl (C=O) groups excluding carboxylic acids is 2. The molecular weight excluding hydrogens is 316 g/mol. The van der Waals surface area contributed by atoms with E-state index in [-0.39, 0.29) is 17.1 Å². The third kappa shape index (κ3) is 2.88. The van der Waals surface area contributed by atoms with Crippen LogP contribution >= 0.6 is 15.9 Å². The van der Waals surface area contributed by atoms with Crippen LogP contribution in [-0.2, 0) is 10.2 Å². The third-order valence-corrected chi connectivity index (χ3v) is 4.93. The second-order valence-corrected chi connectivity index (χ2v) is 6.21.